The number of anilines is 2. The second kappa shape index (κ2) is 7.31. The zero-order valence-corrected chi connectivity index (χ0v) is 16.3. The Morgan fingerprint density at radius 3 is 2.67 bits per heavy atom. The monoisotopic (exact) mass is 389 g/mol. The lowest BCUT2D eigenvalue weighted by Gasteiger charge is -2.34. The van der Waals surface area contributed by atoms with Crippen molar-refractivity contribution in [2.45, 2.75) is 25.7 Å². The minimum atomic E-state index is -0.129. The first-order valence-electron chi connectivity index (χ1n) is 9.25. The molecule has 2 aromatic rings. The van der Waals surface area contributed by atoms with Crippen molar-refractivity contribution in [3.8, 4) is 5.75 Å². The maximum Gasteiger partial charge on any atom is 0.322 e. The molecule has 4 rings (SSSR count). The van der Waals surface area contributed by atoms with Crippen molar-refractivity contribution < 1.29 is 9.53 Å². The van der Waals surface area contributed by atoms with E-state index in [0.717, 1.165) is 24.5 Å². The minimum Gasteiger partial charge on any atom is -0.495 e. The number of amides is 2. The molecule has 1 saturated carbocycles. The number of carbonyl (C=O) groups excluding carboxylic acids is 1. The molecule has 1 aromatic heterocycles. The van der Waals surface area contributed by atoms with E-state index in [2.05, 4.69) is 26.5 Å². The average Bonchev–Trinajstić information content (AvgIpc) is 3.41. The summed E-state index contributed by atoms with van der Waals surface area (Å²) in [4.78, 5) is 16.7. The van der Waals surface area contributed by atoms with E-state index in [-0.39, 0.29) is 6.03 Å². The Morgan fingerprint density at radius 2 is 2.00 bits per heavy atom. The van der Waals surface area contributed by atoms with Crippen LogP contribution in [0.3, 0.4) is 0 Å². The first-order chi connectivity index (χ1) is 13.0. The molecule has 2 fully saturated rings. The molecule has 0 atom stereocenters. The van der Waals surface area contributed by atoms with Crippen LogP contribution in [-0.2, 0) is 0 Å². The summed E-state index contributed by atoms with van der Waals surface area (Å²) in [5.41, 5.74) is 2.76. The second-order valence-corrected chi connectivity index (χ2v) is 7.57. The summed E-state index contributed by atoms with van der Waals surface area (Å²) in [5, 5.41) is 11.1. The minimum absolute atomic E-state index is 0.129. The van der Waals surface area contributed by atoms with Gasteiger partial charge in [-0.3, -0.25) is 5.10 Å². The summed E-state index contributed by atoms with van der Waals surface area (Å²) < 4.78 is 5.33. The number of carbonyl (C=O) groups is 1. The first kappa shape index (κ1) is 18.0. The van der Waals surface area contributed by atoms with Gasteiger partial charge in [-0.15, -0.1) is 0 Å². The maximum absolute atomic E-state index is 12.7. The van der Waals surface area contributed by atoms with Crippen LogP contribution in [0.25, 0.3) is 0 Å². The van der Waals surface area contributed by atoms with Crippen LogP contribution in [0.1, 0.15) is 30.0 Å². The van der Waals surface area contributed by atoms with Gasteiger partial charge in [0.25, 0.3) is 0 Å². The number of aromatic amines is 1. The summed E-state index contributed by atoms with van der Waals surface area (Å²) >= 11 is 6.13. The largest absolute Gasteiger partial charge is 0.495 e. The van der Waals surface area contributed by atoms with E-state index >= 15 is 0 Å². The number of methoxy groups -OCH3 is 1. The predicted octanol–water partition coefficient (Wildman–Crippen LogP) is 3.61. The van der Waals surface area contributed by atoms with Crippen molar-refractivity contribution in [3.63, 3.8) is 0 Å². The lowest BCUT2D eigenvalue weighted by Crippen LogP contribution is -2.50. The van der Waals surface area contributed by atoms with E-state index in [0.29, 0.717) is 35.5 Å². The third-order valence-corrected chi connectivity index (χ3v) is 5.62. The molecule has 27 heavy (non-hydrogen) atoms. The molecule has 0 unspecified atom stereocenters. The number of nitrogens with one attached hydrogen (secondary N) is 2. The number of urea groups is 1. The van der Waals surface area contributed by atoms with Gasteiger partial charge in [-0.25, -0.2) is 4.79 Å². The van der Waals surface area contributed by atoms with Gasteiger partial charge in [0, 0.05) is 54.9 Å². The van der Waals surface area contributed by atoms with Crippen molar-refractivity contribution in [1.82, 2.24) is 15.1 Å². The number of aryl methyl sites for hydroxylation is 1. The van der Waals surface area contributed by atoms with Crippen LogP contribution in [0.5, 0.6) is 5.75 Å². The number of nitrogens with zero attached hydrogens (tertiary/aromatic N) is 3. The SMILES string of the molecule is COc1cc(Cl)c(C)cc1NC(=O)N1CCN(c2cc(C3CC3)[nH]n2)CC1. The Labute approximate surface area is 163 Å². The fourth-order valence-corrected chi connectivity index (χ4v) is 3.51. The van der Waals surface area contributed by atoms with Crippen LogP contribution in [0.15, 0.2) is 18.2 Å². The quantitative estimate of drug-likeness (QED) is 0.837. The van der Waals surface area contributed by atoms with E-state index in [1.165, 1.54) is 18.5 Å². The van der Waals surface area contributed by atoms with Gasteiger partial charge < -0.3 is 19.9 Å². The van der Waals surface area contributed by atoms with E-state index in [9.17, 15) is 4.79 Å². The van der Waals surface area contributed by atoms with Crippen molar-refractivity contribution in [2.75, 3.05) is 43.5 Å². The van der Waals surface area contributed by atoms with Crippen molar-refractivity contribution in [1.29, 1.82) is 0 Å². The highest BCUT2D eigenvalue weighted by molar-refractivity contribution is 6.31. The Hall–Kier alpha value is -2.41. The van der Waals surface area contributed by atoms with Crippen molar-refractivity contribution in [3.05, 3.63) is 34.5 Å². The summed E-state index contributed by atoms with van der Waals surface area (Å²) in [6, 6.07) is 5.57. The maximum atomic E-state index is 12.7. The molecule has 2 aliphatic rings. The highest BCUT2D eigenvalue weighted by Gasteiger charge is 2.28. The molecule has 8 heteroatoms. The van der Waals surface area contributed by atoms with Crippen LogP contribution >= 0.6 is 11.6 Å². The number of halogens is 1. The Morgan fingerprint density at radius 1 is 1.26 bits per heavy atom. The summed E-state index contributed by atoms with van der Waals surface area (Å²) in [5.74, 6) is 2.20. The molecule has 1 aliphatic heterocycles. The molecule has 144 valence electrons. The van der Waals surface area contributed by atoms with Gasteiger partial charge in [-0.1, -0.05) is 11.6 Å². The van der Waals surface area contributed by atoms with Gasteiger partial charge in [-0.2, -0.15) is 5.10 Å². The van der Waals surface area contributed by atoms with Gasteiger partial charge in [-0.05, 0) is 31.4 Å². The summed E-state index contributed by atoms with van der Waals surface area (Å²) in [6.45, 7) is 4.72. The number of piperazine rings is 1. The molecule has 0 radical (unpaired) electrons. The number of benzene rings is 1. The molecule has 0 bridgehead atoms. The molecular weight excluding hydrogens is 366 g/mol. The standard InChI is InChI=1S/C19H24ClN5O2/c1-12-9-16(17(27-2)10-14(12)20)21-19(26)25-7-5-24(6-8-25)18-11-15(22-23-18)13-3-4-13/h9-11,13H,3-8H2,1-2H3,(H,21,26)(H,22,23). The van der Waals surface area contributed by atoms with Gasteiger partial charge in [0.15, 0.2) is 5.82 Å². The molecule has 1 aliphatic carbocycles. The number of ether oxygens (including phenoxy) is 1. The third-order valence-electron chi connectivity index (χ3n) is 5.21. The lowest BCUT2D eigenvalue weighted by molar-refractivity contribution is 0.208. The molecule has 1 saturated heterocycles. The van der Waals surface area contributed by atoms with Crippen LogP contribution < -0.4 is 15.0 Å². The number of aromatic nitrogens is 2. The normalized spacial score (nSPS) is 17.1. The highest BCUT2D eigenvalue weighted by atomic mass is 35.5. The molecule has 1 aromatic carbocycles. The van der Waals surface area contributed by atoms with E-state index in [4.69, 9.17) is 16.3 Å². The Balaban J connectivity index is 1.36. The van der Waals surface area contributed by atoms with Crippen LogP contribution in [0.2, 0.25) is 5.02 Å². The van der Waals surface area contributed by atoms with Crippen LogP contribution in [0, 0.1) is 6.92 Å². The predicted molar refractivity (Wildman–Crippen MR) is 106 cm³/mol. The second-order valence-electron chi connectivity index (χ2n) is 7.16. The molecule has 2 amide bonds. The molecular formula is C19H24ClN5O2. The van der Waals surface area contributed by atoms with Crippen molar-refractivity contribution >= 4 is 29.1 Å². The Bertz CT molecular complexity index is 841. The molecule has 0 spiro atoms. The van der Waals surface area contributed by atoms with Crippen LogP contribution in [-0.4, -0.2) is 54.4 Å². The van der Waals surface area contributed by atoms with Gasteiger partial charge in [0.1, 0.15) is 5.75 Å². The lowest BCUT2D eigenvalue weighted by atomic mass is 10.2. The molecule has 2 N–H and O–H groups in total. The summed E-state index contributed by atoms with van der Waals surface area (Å²) in [7, 11) is 1.56. The zero-order chi connectivity index (χ0) is 19.0. The Kier molecular flexibility index (Phi) is 4.86. The smallest absolute Gasteiger partial charge is 0.322 e. The van der Waals surface area contributed by atoms with Crippen LogP contribution in [0.4, 0.5) is 16.3 Å². The first-order valence-corrected chi connectivity index (χ1v) is 9.63. The van der Waals surface area contributed by atoms with E-state index in [1.54, 1.807) is 13.2 Å². The number of hydrogen-bond acceptors (Lipinski definition) is 4. The highest BCUT2D eigenvalue weighted by Crippen LogP contribution is 2.40. The van der Waals surface area contributed by atoms with Gasteiger partial charge >= 0.3 is 6.03 Å². The zero-order valence-electron chi connectivity index (χ0n) is 15.6. The van der Waals surface area contributed by atoms with E-state index < -0.39 is 0 Å². The topological polar surface area (TPSA) is 73.5 Å². The van der Waals surface area contributed by atoms with Crippen molar-refractivity contribution in [2.24, 2.45) is 0 Å². The van der Waals surface area contributed by atoms with Gasteiger partial charge in [0.2, 0.25) is 0 Å². The summed E-state index contributed by atoms with van der Waals surface area (Å²) in [6.07, 6.45) is 2.51. The van der Waals surface area contributed by atoms with Gasteiger partial charge in [0.05, 0.1) is 12.8 Å². The number of hydrogen-bond donors (Lipinski definition) is 2. The molecule has 7 nitrogen and oxygen atoms in total. The number of rotatable bonds is 4. The number of H-pyrrole nitrogens is 1. The third kappa shape index (κ3) is 3.83. The van der Waals surface area contributed by atoms with E-state index in [1.807, 2.05) is 17.9 Å². The fourth-order valence-electron chi connectivity index (χ4n) is 3.35. The fraction of sp³-hybridized carbons (Fsp3) is 0.474. The molecule has 2 heterocycles. The average molecular weight is 390 g/mol.